The number of halogens is 3. The molecule has 0 radical (unpaired) electrons. The van der Waals surface area contributed by atoms with E-state index in [-0.39, 0.29) is 18.4 Å². The maximum atomic E-state index is 13.9. The highest BCUT2D eigenvalue weighted by molar-refractivity contribution is 9.10. The van der Waals surface area contributed by atoms with Crippen LogP contribution >= 0.6 is 27.3 Å². The van der Waals surface area contributed by atoms with Crippen molar-refractivity contribution in [2.45, 2.75) is 31.7 Å². The summed E-state index contributed by atoms with van der Waals surface area (Å²) >= 11 is 5.14. The van der Waals surface area contributed by atoms with Crippen LogP contribution in [0.2, 0.25) is 0 Å². The van der Waals surface area contributed by atoms with Gasteiger partial charge in [-0.15, -0.1) is 11.3 Å². The number of rotatable bonds is 3. The Bertz CT molecular complexity index is 582. The molecule has 6 heteroatoms. The van der Waals surface area contributed by atoms with E-state index in [9.17, 15) is 8.78 Å². The minimum Gasteiger partial charge on any atom is -0.329 e. The molecule has 0 bridgehead atoms. The Morgan fingerprint density at radius 2 is 2.35 bits per heavy atom. The zero-order chi connectivity index (χ0) is 14.3. The van der Waals surface area contributed by atoms with E-state index in [1.54, 1.807) is 30.8 Å². The maximum absolute atomic E-state index is 13.9. The highest BCUT2D eigenvalue weighted by atomic mass is 79.9. The van der Waals surface area contributed by atoms with E-state index in [0.29, 0.717) is 6.42 Å². The zero-order valence-electron chi connectivity index (χ0n) is 11.0. The van der Waals surface area contributed by atoms with E-state index < -0.39 is 11.8 Å². The first-order valence-electron chi connectivity index (χ1n) is 6.57. The lowest BCUT2D eigenvalue weighted by molar-refractivity contribution is -0.0329. The fraction of sp³-hybridized carbons (Fsp3) is 0.500. The predicted molar refractivity (Wildman–Crippen MR) is 79.2 cm³/mol. The molecule has 0 aromatic carbocycles. The minimum absolute atomic E-state index is 0.0542. The van der Waals surface area contributed by atoms with Crippen LogP contribution in [0.25, 0.3) is 0 Å². The van der Waals surface area contributed by atoms with Crippen molar-refractivity contribution < 1.29 is 8.78 Å². The van der Waals surface area contributed by atoms with Crippen molar-refractivity contribution in [3.8, 4) is 0 Å². The van der Waals surface area contributed by atoms with E-state index in [1.807, 2.05) is 22.2 Å². The van der Waals surface area contributed by atoms with Crippen molar-refractivity contribution in [3.05, 3.63) is 39.5 Å². The van der Waals surface area contributed by atoms with Crippen molar-refractivity contribution in [2.75, 3.05) is 0 Å². The Hall–Kier alpha value is -0.750. The molecule has 108 valence electrons. The summed E-state index contributed by atoms with van der Waals surface area (Å²) < 4.78 is 30.7. The second kappa shape index (κ2) is 5.22. The van der Waals surface area contributed by atoms with E-state index in [1.165, 1.54) is 0 Å². The van der Waals surface area contributed by atoms with Crippen LogP contribution in [-0.2, 0) is 0 Å². The highest BCUT2D eigenvalue weighted by Crippen LogP contribution is 2.50. The van der Waals surface area contributed by atoms with Gasteiger partial charge in [-0.25, -0.2) is 13.8 Å². The lowest BCUT2D eigenvalue weighted by Gasteiger charge is -2.24. The van der Waals surface area contributed by atoms with Gasteiger partial charge in [0.1, 0.15) is 0 Å². The molecule has 2 aromatic heterocycles. The number of imidazole rings is 1. The number of thiophene rings is 1. The second-order valence-corrected chi connectivity index (χ2v) is 7.25. The third-order valence-corrected chi connectivity index (χ3v) is 6.06. The van der Waals surface area contributed by atoms with Crippen LogP contribution in [0.4, 0.5) is 8.78 Å². The topological polar surface area (TPSA) is 17.8 Å². The Morgan fingerprint density at radius 3 is 2.85 bits per heavy atom. The molecule has 1 fully saturated rings. The fourth-order valence-electron chi connectivity index (χ4n) is 3.04. The molecule has 2 aromatic rings. The molecule has 3 unspecified atom stereocenters. The van der Waals surface area contributed by atoms with Gasteiger partial charge in [-0.05, 0) is 39.7 Å². The lowest BCUT2D eigenvalue weighted by atomic mass is 9.95. The fourth-order valence-corrected chi connectivity index (χ4v) is 4.85. The molecule has 0 spiro atoms. The Labute approximate surface area is 129 Å². The van der Waals surface area contributed by atoms with E-state index >= 15 is 0 Å². The summed E-state index contributed by atoms with van der Waals surface area (Å²) in [5.74, 6) is -3.19. The molecule has 0 amide bonds. The van der Waals surface area contributed by atoms with Crippen LogP contribution in [0.1, 0.15) is 30.7 Å². The molecule has 3 atom stereocenters. The van der Waals surface area contributed by atoms with Crippen LogP contribution < -0.4 is 0 Å². The van der Waals surface area contributed by atoms with Crippen molar-refractivity contribution in [1.29, 1.82) is 0 Å². The van der Waals surface area contributed by atoms with E-state index in [2.05, 4.69) is 20.9 Å². The SMILES string of the molecule is CC1CC(C(c2sccc2Br)n2ccnc2)CC1(F)F. The van der Waals surface area contributed by atoms with Crippen LogP contribution in [0.5, 0.6) is 0 Å². The van der Waals surface area contributed by atoms with Gasteiger partial charge >= 0.3 is 0 Å². The molecule has 1 aliphatic rings. The van der Waals surface area contributed by atoms with Crippen LogP contribution in [0.15, 0.2) is 34.6 Å². The summed E-state index contributed by atoms with van der Waals surface area (Å²) in [6.07, 6.45) is 5.77. The molecule has 2 heterocycles. The first kappa shape index (κ1) is 14.2. The predicted octanol–water partition coefficient (Wildman–Crippen LogP) is 4.98. The highest BCUT2D eigenvalue weighted by Gasteiger charge is 2.49. The maximum Gasteiger partial charge on any atom is 0.251 e. The number of hydrogen-bond acceptors (Lipinski definition) is 2. The lowest BCUT2D eigenvalue weighted by Crippen LogP contribution is -2.20. The quantitative estimate of drug-likeness (QED) is 0.754. The summed E-state index contributed by atoms with van der Waals surface area (Å²) in [4.78, 5) is 5.17. The van der Waals surface area contributed by atoms with Gasteiger partial charge in [-0.3, -0.25) is 0 Å². The number of hydrogen-bond donors (Lipinski definition) is 0. The first-order valence-corrected chi connectivity index (χ1v) is 8.24. The molecule has 3 rings (SSSR count). The summed E-state index contributed by atoms with van der Waals surface area (Å²) in [6.45, 7) is 1.65. The molecule has 2 nitrogen and oxygen atoms in total. The first-order chi connectivity index (χ1) is 9.49. The van der Waals surface area contributed by atoms with Crippen LogP contribution in [-0.4, -0.2) is 15.5 Å². The Balaban J connectivity index is 1.98. The van der Waals surface area contributed by atoms with Crippen LogP contribution in [0, 0.1) is 11.8 Å². The second-order valence-electron chi connectivity index (χ2n) is 5.45. The molecule has 20 heavy (non-hydrogen) atoms. The minimum atomic E-state index is -2.56. The monoisotopic (exact) mass is 360 g/mol. The molecule has 1 aliphatic carbocycles. The normalized spacial score (nSPS) is 26.8. The van der Waals surface area contributed by atoms with Gasteiger partial charge in [0.15, 0.2) is 0 Å². The molecular weight excluding hydrogens is 346 g/mol. The van der Waals surface area contributed by atoms with Gasteiger partial charge in [0.05, 0.1) is 12.4 Å². The molecule has 0 N–H and O–H groups in total. The number of aromatic nitrogens is 2. The molecule has 0 aliphatic heterocycles. The van der Waals surface area contributed by atoms with Crippen molar-refractivity contribution in [2.24, 2.45) is 11.8 Å². The van der Waals surface area contributed by atoms with E-state index in [4.69, 9.17) is 0 Å². The average Bonchev–Trinajstić information content (AvgIpc) is 3.06. The third kappa shape index (κ3) is 2.44. The smallest absolute Gasteiger partial charge is 0.251 e. The van der Waals surface area contributed by atoms with Crippen LogP contribution in [0.3, 0.4) is 0 Å². The van der Waals surface area contributed by atoms with E-state index in [0.717, 1.165) is 9.35 Å². The summed E-state index contributed by atoms with van der Waals surface area (Å²) in [5.41, 5.74) is 0. The standard InChI is InChI=1S/C14H15BrF2N2S/c1-9-6-10(7-14(9,16)17)12(19-4-3-18-8-19)13-11(15)2-5-20-13/h2-5,8-10,12H,6-7H2,1H3. The Morgan fingerprint density at radius 1 is 1.55 bits per heavy atom. The van der Waals surface area contributed by atoms with Crippen molar-refractivity contribution >= 4 is 27.3 Å². The summed E-state index contributed by atoms with van der Waals surface area (Å²) in [6, 6.07) is 1.91. The summed E-state index contributed by atoms with van der Waals surface area (Å²) in [7, 11) is 0. The number of nitrogens with zero attached hydrogens (tertiary/aromatic N) is 2. The molecule has 0 saturated heterocycles. The van der Waals surface area contributed by atoms with Gasteiger partial charge < -0.3 is 4.57 Å². The van der Waals surface area contributed by atoms with Gasteiger partial charge in [0, 0.05) is 34.1 Å². The van der Waals surface area contributed by atoms with Gasteiger partial charge in [-0.1, -0.05) is 6.92 Å². The van der Waals surface area contributed by atoms with Crippen molar-refractivity contribution in [3.63, 3.8) is 0 Å². The van der Waals surface area contributed by atoms with Gasteiger partial charge in [-0.2, -0.15) is 0 Å². The van der Waals surface area contributed by atoms with Crippen molar-refractivity contribution in [1.82, 2.24) is 9.55 Å². The zero-order valence-corrected chi connectivity index (χ0v) is 13.4. The Kier molecular flexibility index (Phi) is 3.71. The number of alkyl halides is 2. The molecular formula is C14H15BrF2N2S. The summed E-state index contributed by atoms with van der Waals surface area (Å²) in [5, 5.41) is 1.99. The third-order valence-electron chi connectivity index (χ3n) is 4.12. The average molecular weight is 361 g/mol. The van der Waals surface area contributed by atoms with Gasteiger partial charge in [0.2, 0.25) is 0 Å². The largest absolute Gasteiger partial charge is 0.329 e. The van der Waals surface area contributed by atoms with Gasteiger partial charge in [0.25, 0.3) is 5.92 Å². The molecule has 1 saturated carbocycles.